The monoisotopic (exact) mass is 326 g/mol. The number of fused-ring (bicyclic) bond motifs is 1. The molecule has 0 saturated heterocycles. The highest BCUT2D eigenvalue weighted by molar-refractivity contribution is 7.51. The standard InChI is InChI=1S/C19H19O3P/c1-15(18-12-11-17-9-5-6-10-19(17)13-18)22-23(20,21)14-16-7-3-2-4-8-16/h2-13,15H,14H2,1H3,(H,20,21). The average molecular weight is 326 g/mol. The topological polar surface area (TPSA) is 46.5 Å². The number of rotatable bonds is 5. The molecule has 0 aliphatic carbocycles. The van der Waals surface area contributed by atoms with Crippen LogP contribution in [-0.2, 0) is 15.3 Å². The first-order chi connectivity index (χ1) is 11.0. The normalized spacial score (nSPS) is 15.2. The summed E-state index contributed by atoms with van der Waals surface area (Å²) in [6.45, 7) is 1.80. The molecule has 3 aromatic rings. The Morgan fingerprint density at radius 1 is 0.957 bits per heavy atom. The van der Waals surface area contributed by atoms with E-state index in [1.165, 1.54) is 0 Å². The average Bonchev–Trinajstić information content (AvgIpc) is 2.54. The van der Waals surface area contributed by atoms with Crippen molar-refractivity contribution in [2.75, 3.05) is 0 Å². The van der Waals surface area contributed by atoms with Gasteiger partial charge in [-0.05, 0) is 34.9 Å². The maximum Gasteiger partial charge on any atom is 0.333 e. The van der Waals surface area contributed by atoms with E-state index >= 15 is 0 Å². The van der Waals surface area contributed by atoms with E-state index in [1.54, 1.807) is 6.92 Å². The quantitative estimate of drug-likeness (QED) is 0.647. The number of hydrogen-bond acceptors (Lipinski definition) is 2. The van der Waals surface area contributed by atoms with Gasteiger partial charge in [0.2, 0.25) is 0 Å². The van der Waals surface area contributed by atoms with E-state index < -0.39 is 13.7 Å². The zero-order valence-electron chi connectivity index (χ0n) is 12.9. The molecule has 4 heteroatoms. The highest BCUT2D eigenvalue weighted by atomic mass is 31.2. The maximum atomic E-state index is 12.4. The Hall–Kier alpha value is -1.93. The molecule has 0 bridgehead atoms. The van der Waals surface area contributed by atoms with Crippen molar-refractivity contribution in [3.8, 4) is 0 Å². The van der Waals surface area contributed by atoms with Crippen molar-refractivity contribution in [2.24, 2.45) is 0 Å². The summed E-state index contributed by atoms with van der Waals surface area (Å²) in [5.41, 5.74) is 1.69. The minimum atomic E-state index is -3.70. The van der Waals surface area contributed by atoms with Crippen molar-refractivity contribution < 1.29 is 14.0 Å². The van der Waals surface area contributed by atoms with E-state index in [1.807, 2.05) is 72.8 Å². The first-order valence-electron chi connectivity index (χ1n) is 7.56. The molecule has 3 rings (SSSR count). The molecule has 0 saturated carbocycles. The van der Waals surface area contributed by atoms with Gasteiger partial charge < -0.3 is 9.42 Å². The minimum Gasteiger partial charge on any atom is -0.324 e. The number of benzene rings is 3. The lowest BCUT2D eigenvalue weighted by molar-refractivity contribution is 0.191. The van der Waals surface area contributed by atoms with Crippen molar-refractivity contribution in [3.63, 3.8) is 0 Å². The predicted molar refractivity (Wildman–Crippen MR) is 93.4 cm³/mol. The largest absolute Gasteiger partial charge is 0.333 e. The van der Waals surface area contributed by atoms with Gasteiger partial charge >= 0.3 is 7.60 Å². The molecule has 0 aromatic heterocycles. The Morgan fingerprint density at radius 3 is 2.35 bits per heavy atom. The zero-order valence-corrected chi connectivity index (χ0v) is 13.8. The van der Waals surface area contributed by atoms with Crippen LogP contribution in [0.15, 0.2) is 72.8 Å². The smallest absolute Gasteiger partial charge is 0.324 e. The third-order valence-electron chi connectivity index (χ3n) is 3.79. The van der Waals surface area contributed by atoms with Gasteiger partial charge in [0.05, 0.1) is 12.3 Å². The molecule has 0 heterocycles. The molecule has 0 aliphatic rings. The van der Waals surface area contributed by atoms with Crippen LogP contribution in [0.3, 0.4) is 0 Å². The maximum absolute atomic E-state index is 12.4. The Balaban J connectivity index is 1.76. The Kier molecular flexibility index (Phi) is 4.63. The Bertz CT molecular complexity index is 845. The highest BCUT2D eigenvalue weighted by Crippen LogP contribution is 2.49. The third-order valence-corrected chi connectivity index (χ3v) is 5.20. The predicted octanol–water partition coefficient (Wildman–Crippen LogP) is 5.30. The van der Waals surface area contributed by atoms with Crippen LogP contribution in [0.1, 0.15) is 24.2 Å². The van der Waals surface area contributed by atoms with Crippen molar-refractivity contribution in [1.82, 2.24) is 0 Å². The Labute approximate surface area is 136 Å². The van der Waals surface area contributed by atoms with Crippen LogP contribution in [0.2, 0.25) is 0 Å². The van der Waals surface area contributed by atoms with E-state index in [9.17, 15) is 9.46 Å². The molecule has 0 spiro atoms. The molecule has 2 atom stereocenters. The van der Waals surface area contributed by atoms with Crippen LogP contribution >= 0.6 is 7.60 Å². The van der Waals surface area contributed by atoms with Gasteiger partial charge in [0.1, 0.15) is 0 Å². The second-order valence-corrected chi connectivity index (χ2v) is 7.44. The van der Waals surface area contributed by atoms with Gasteiger partial charge in [0.25, 0.3) is 0 Å². The van der Waals surface area contributed by atoms with E-state index in [-0.39, 0.29) is 6.16 Å². The number of hydrogen-bond donors (Lipinski definition) is 1. The van der Waals surface area contributed by atoms with Gasteiger partial charge in [-0.3, -0.25) is 4.57 Å². The summed E-state index contributed by atoms with van der Waals surface area (Å²) in [7, 11) is -3.70. The van der Waals surface area contributed by atoms with Crippen LogP contribution in [0, 0.1) is 0 Å². The Morgan fingerprint density at radius 2 is 1.61 bits per heavy atom. The van der Waals surface area contributed by atoms with E-state index in [0.29, 0.717) is 0 Å². The van der Waals surface area contributed by atoms with Crippen molar-refractivity contribution >= 4 is 18.4 Å². The molecule has 3 nitrogen and oxygen atoms in total. The molecule has 0 aliphatic heterocycles. The summed E-state index contributed by atoms with van der Waals surface area (Å²) < 4.78 is 17.9. The summed E-state index contributed by atoms with van der Waals surface area (Å²) in [6.07, 6.45) is -0.426. The van der Waals surface area contributed by atoms with E-state index in [2.05, 4.69) is 0 Å². The molecule has 0 amide bonds. The fourth-order valence-electron chi connectivity index (χ4n) is 2.62. The fraction of sp³-hybridized carbons (Fsp3) is 0.158. The third kappa shape index (κ3) is 4.08. The SMILES string of the molecule is CC(OP(=O)(O)Cc1ccccc1)c1ccc2ccccc2c1. The van der Waals surface area contributed by atoms with Gasteiger partial charge in [-0.1, -0.05) is 66.7 Å². The van der Waals surface area contributed by atoms with E-state index in [4.69, 9.17) is 4.52 Å². The van der Waals surface area contributed by atoms with Gasteiger partial charge in [-0.15, -0.1) is 0 Å². The van der Waals surface area contributed by atoms with Gasteiger partial charge in [-0.2, -0.15) is 0 Å². The second kappa shape index (κ2) is 6.67. The molecule has 3 aromatic carbocycles. The van der Waals surface area contributed by atoms with Gasteiger partial charge in [0.15, 0.2) is 0 Å². The van der Waals surface area contributed by atoms with Crippen molar-refractivity contribution in [2.45, 2.75) is 19.2 Å². The van der Waals surface area contributed by atoms with Crippen LogP contribution < -0.4 is 0 Å². The molecule has 2 unspecified atom stereocenters. The lowest BCUT2D eigenvalue weighted by Crippen LogP contribution is -2.00. The highest BCUT2D eigenvalue weighted by Gasteiger charge is 2.24. The van der Waals surface area contributed by atoms with Crippen molar-refractivity contribution in [1.29, 1.82) is 0 Å². The molecule has 118 valence electrons. The summed E-state index contributed by atoms with van der Waals surface area (Å²) in [4.78, 5) is 10.1. The first kappa shape index (κ1) is 15.9. The molecule has 0 fully saturated rings. The molecule has 23 heavy (non-hydrogen) atoms. The van der Waals surface area contributed by atoms with Crippen LogP contribution in [0.4, 0.5) is 0 Å². The summed E-state index contributed by atoms with van der Waals surface area (Å²) in [5, 5.41) is 2.23. The molecular formula is C19H19O3P. The van der Waals surface area contributed by atoms with Crippen LogP contribution in [0.25, 0.3) is 10.8 Å². The summed E-state index contributed by atoms with van der Waals surface area (Å²) in [6, 6.07) is 23.2. The second-order valence-electron chi connectivity index (χ2n) is 5.64. The lowest BCUT2D eigenvalue weighted by atomic mass is 10.0. The zero-order chi connectivity index (χ0) is 16.3. The van der Waals surface area contributed by atoms with Crippen molar-refractivity contribution in [3.05, 3.63) is 83.9 Å². The lowest BCUT2D eigenvalue weighted by Gasteiger charge is -2.19. The van der Waals surface area contributed by atoms with Crippen LogP contribution in [0.5, 0.6) is 0 Å². The minimum absolute atomic E-state index is 0.0196. The fourth-order valence-corrected chi connectivity index (χ4v) is 3.98. The van der Waals surface area contributed by atoms with Gasteiger partial charge in [0, 0.05) is 0 Å². The molecule has 1 N–H and O–H groups in total. The van der Waals surface area contributed by atoms with Gasteiger partial charge in [-0.25, -0.2) is 0 Å². The summed E-state index contributed by atoms with van der Waals surface area (Å²) >= 11 is 0. The van der Waals surface area contributed by atoms with Crippen LogP contribution in [-0.4, -0.2) is 4.89 Å². The molecule has 0 radical (unpaired) electrons. The van der Waals surface area contributed by atoms with E-state index in [0.717, 1.165) is 21.9 Å². The molecular weight excluding hydrogens is 307 g/mol. The first-order valence-corrected chi connectivity index (χ1v) is 9.33. The summed E-state index contributed by atoms with van der Waals surface area (Å²) in [5.74, 6) is 0.